The first kappa shape index (κ1) is 14.0. The molecule has 1 aliphatic rings. The summed E-state index contributed by atoms with van der Waals surface area (Å²) in [6, 6.07) is 0. The predicted molar refractivity (Wildman–Crippen MR) is 71.9 cm³/mol. The first-order chi connectivity index (χ1) is 7.07. The molecular formula is C14H30N2. The number of hydrogen-bond donors (Lipinski definition) is 0. The summed E-state index contributed by atoms with van der Waals surface area (Å²) in [5.41, 5.74) is 0.686. The molecule has 96 valence electrons. The molecule has 1 aliphatic heterocycles. The molecule has 1 rings (SSSR count). The van der Waals surface area contributed by atoms with Gasteiger partial charge in [0.15, 0.2) is 0 Å². The Kier molecular flexibility index (Phi) is 3.49. The second-order valence-electron chi connectivity index (χ2n) is 6.91. The van der Waals surface area contributed by atoms with Crippen LogP contribution < -0.4 is 0 Å². The first-order valence-electron chi connectivity index (χ1n) is 6.56. The summed E-state index contributed by atoms with van der Waals surface area (Å²) in [6.45, 7) is 18.9. The molecule has 0 spiro atoms. The van der Waals surface area contributed by atoms with Crippen LogP contribution in [0.1, 0.15) is 54.9 Å². The van der Waals surface area contributed by atoms with Crippen LogP contribution in [0.25, 0.3) is 0 Å². The van der Waals surface area contributed by atoms with Gasteiger partial charge in [-0.2, -0.15) is 0 Å². The van der Waals surface area contributed by atoms with Crippen molar-refractivity contribution in [2.75, 3.05) is 20.1 Å². The fourth-order valence-electron chi connectivity index (χ4n) is 2.95. The largest absolute Gasteiger partial charge is 0.295 e. The lowest BCUT2D eigenvalue weighted by atomic mass is 9.73. The van der Waals surface area contributed by atoms with Crippen molar-refractivity contribution in [3.05, 3.63) is 0 Å². The van der Waals surface area contributed by atoms with Gasteiger partial charge in [0.25, 0.3) is 0 Å². The molecule has 1 saturated heterocycles. The molecule has 16 heavy (non-hydrogen) atoms. The Balaban J connectivity index is 3.09. The Hall–Kier alpha value is -0.0800. The molecule has 0 bridgehead atoms. The topological polar surface area (TPSA) is 6.48 Å². The summed E-state index contributed by atoms with van der Waals surface area (Å²) < 4.78 is 0. The highest BCUT2D eigenvalue weighted by Gasteiger charge is 2.53. The van der Waals surface area contributed by atoms with Crippen LogP contribution in [0, 0.1) is 0 Å². The van der Waals surface area contributed by atoms with Crippen molar-refractivity contribution in [1.29, 1.82) is 0 Å². The molecule has 0 unspecified atom stereocenters. The van der Waals surface area contributed by atoms with Crippen LogP contribution >= 0.6 is 0 Å². The predicted octanol–water partition coefficient (Wildman–Crippen LogP) is 2.98. The van der Waals surface area contributed by atoms with Crippen LogP contribution in [-0.2, 0) is 0 Å². The molecule has 1 heterocycles. The third-order valence-electron chi connectivity index (χ3n) is 5.11. The standard InChI is InChI=1S/C14H30N2/c1-9-10-16-11-12(2,3)15(8)13(4,5)14(16,6)7/h9-11H2,1-8H3. The van der Waals surface area contributed by atoms with E-state index in [9.17, 15) is 0 Å². The van der Waals surface area contributed by atoms with Gasteiger partial charge in [-0.1, -0.05) is 6.92 Å². The zero-order valence-corrected chi connectivity index (χ0v) is 12.5. The Labute approximate surface area is 102 Å². The molecule has 0 atom stereocenters. The Morgan fingerprint density at radius 3 is 1.88 bits per heavy atom. The van der Waals surface area contributed by atoms with E-state index in [0.717, 1.165) is 6.54 Å². The van der Waals surface area contributed by atoms with Gasteiger partial charge >= 0.3 is 0 Å². The number of nitrogens with zero attached hydrogens (tertiary/aromatic N) is 2. The fourth-order valence-corrected chi connectivity index (χ4v) is 2.95. The van der Waals surface area contributed by atoms with Gasteiger partial charge in [-0.25, -0.2) is 0 Å². The van der Waals surface area contributed by atoms with Crippen LogP contribution in [0.5, 0.6) is 0 Å². The third-order valence-corrected chi connectivity index (χ3v) is 5.11. The van der Waals surface area contributed by atoms with Crippen molar-refractivity contribution in [3.8, 4) is 0 Å². The minimum Gasteiger partial charge on any atom is -0.295 e. The van der Waals surface area contributed by atoms with Crippen LogP contribution in [0.15, 0.2) is 0 Å². The van der Waals surface area contributed by atoms with Gasteiger partial charge in [-0.05, 0) is 61.6 Å². The second-order valence-corrected chi connectivity index (χ2v) is 6.91. The monoisotopic (exact) mass is 226 g/mol. The van der Waals surface area contributed by atoms with E-state index in [4.69, 9.17) is 0 Å². The van der Waals surface area contributed by atoms with E-state index in [2.05, 4.69) is 65.3 Å². The molecule has 0 radical (unpaired) electrons. The lowest BCUT2D eigenvalue weighted by Crippen LogP contribution is -2.76. The Morgan fingerprint density at radius 1 is 0.938 bits per heavy atom. The maximum absolute atomic E-state index is 2.66. The van der Waals surface area contributed by atoms with E-state index >= 15 is 0 Å². The van der Waals surface area contributed by atoms with Gasteiger partial charge in [-0.3, -0.25) is 9.80 Å². The molecule has 0 aromatic heterocycles. The molecule has 0 saturated carbocycles. The maximum atomic E-state index is 2.66. The fraction of sp³-hybridized carbons (Fsp3) is 1.00. The van der Waals surface area contributed by atoms with Crippen LogP contribution in [0.2, 0.25) is 0 Å². The molecule has 1 fully saturated rings. The molecule has 2 heteroatoms. The SMILES string of the molecule is CCCN1CC(C)(C)N(C)C(C)(C)C1(C)C. The minimum atomic E-state index is 0.198. The minimum absolute atomic E-state index is 0.198. The number of hydrogen-bond acceptors (Lipinski definition) is 2. The molecule has 0 amide bonds. The highest BCUT2D eigenvalue weighted by atomic mass is 15.4. The second kappa shape index (κ2) is 3.99. The quantitative estimate of drug-likeness (QED) is 0.714. The molecule has 2 nitrogen and oxygen atoms in total. The third kappa shape index (κ3) is 1.91. The smallest absolute Gasteiger partial charge is 0.0334 e. The van der Waals surface area contributed by atoms with Crippen LogP contribution in [0.4, 0.5) is 0 Å². The number of rotatable bonds is 2. The van der Waals surface area contributed by atoms with Crippen molar-refractivity contribution in [2.45, 2.75) is 71.5 Å². The Morgan fingerprint density at radius 2 is 1.44 bits per heavy atom. The van der Waals surface area contributed by atoms with Crippen molar-refractivity contribution in [1.82, 2.24) is 9.80 Å². The molecule has 0 aromatic rings. The Bertz CT molecular complexity index is 253. The highest BCUT2D eigenvalue weighted by molar-refractivity contribution is 5.10. The summed E-state index contributed by atoms with van der Waals surface area (Å²) >= 11 is 0. The van der Waals surface area contributed by atoms with Gasteiger partial charge in [-0.15, -0.1) is 0 Å². The highest BCUT2D eigenvalue weighted by Crippen LogP contribution is 2.41. The van der Waals surface area contributed by atoms with E-state index in [-0.39, 0.29) is 16.6 Å². The number of likely N-dealkylation sites (N-methyl/N-ethyl adjacent to an activating group) is 1. The zero-order chi connectivity index (χ0) is 12.8. The first-order valence-corrected chi connectivity index (χ1v) is 6.56. The van der Waals surface area contributed by atoms with Crippen LogP contribution in [0.3, 0.4) is 0 Å². The van der Waals surface area contributed by atoms with Gasteiger partial charge < -0.3 is 0 Å². The average molecular weight is 226 g/mol. The van der Waals surface area contributed by atoms with E-state index in [1.54, 1.807) is 0 Å². The average Bonchev–Trinajstić information content (AvgIpc) is 2.13. The summed E-state index contributed by atoms with van der Waals surface area (Å²) in [7, 11) is 2.27. The van der Waals surface area contributed by atoms with E-state index in [1.165, 1.54) is 13.0 Å². The van der Waals surface area contributed by atoms with Crippen molar-refractivity contribution in [3.63, 3.8) is 0 Å². The van der Waals surface area contributed by atoms with Crippen molar-refractivity contribution >= 4 is 0 Å². The number of piperazine rings is 1. The van der Waals surface area contributed by atoms with Gasteiger partial charge in [0.1, 0.15) is 0 Å². The molecular weight excluding hydrogens is 196 g/mol. The molecule has 0 N–H and O–H groups in total. The van der Waals surface area contributed by atoms with E-state index in [1.807, 2.05) is 0 Å². The van der Waals surface area contributed by atoms with Gasteiger partial charge in [0.2, 0.25) is 0 Å². The van der Waals surface area contributed by atoms with Crippen LogP contribution in [-0.4, -0.2) is 46.6 Å². The lowest BCUT2D eigenvalue weighted by molar-refractivity contribution is -0.132. The van der Waals surface area contributed by atoms with Crippen molar-refractivity contribution < 1.29 is 0 Å². The summed E-state index contributed by atoms with van der Waals surface area (Å²) in [5, 5.41) is 0. The molecule has 0 aliphatic carbocycles. The normalized spacial score (nSPS) is 29.2. The lowest BCUT2D eigenvalue weighted by Gasteiger charge is -2.64. The summed E-state index contributed by atoms with van der Waals surface area (Å²) in [5.74, 6) is 0. The van der Waals surface area contributed by atoms with Gasteiger partial charge in [0, 0.05) is 23.2 Å². The van der Waals surface area contributed by atoms with E-state index < -0.39 is 0 Å². The maximum Gasteiger partial charge on any atom is 0.0334 e. The zero-order valence-electron chi connectivity index (χ0n) is 12.5. The van der Waals surface area contributed by atoms with E-state index in [0.29, 0.717) is 0 Å². The summed E-state index contributed by atoms with van der Waals surface area (Å²) in [4.78, 5) is 5.21. The molecule has 0 aromatic carbocycles. The van der Waals surface area contributed by atoms with Crippen molar-refractivity contribution in [2.24, 2.45) is 0 Å². The van der Waals surface area contributed by atoms with Gasteiger partial charge in [0.05, 0.1) is 0 Å². The summed E-state index contributed by atoms with van der Waals surface area (Å²) in [6.07, 6.45) is 1.24.